The number of benzene rings is 1. The number of hydrogen-bond acceptors (Lipinski definition) is 4. The summed E-state index contributed by atoms with van der Waals surface area (Å²) >= 11 is 3.31. The fraction of sp³-hybridized carbons (Fsp3) is 0.429. The minimum atomic E-state index is -0.666. The van der Waals surface area contributed by atoms with Gasteiger partial charge in [-0.15, -0.1) is 0 Å². The van der Waals surface area contributed by atoms with Crippen molar-refractivity contribution in [2.45, 2.75) is 19.9 Å². The van der Waals surface area contributed by atoms with Gasteiger partial charge in [0.05, 0.1) is 7.11 Å². The van der Waals surface area contributed by atoms with Crippen molar-refractivity contribution >= 4 is 27.8 Å². The lowest BCUT2D eigenvalue weighted by Gasteiger charge is -2.19. The van der Waals surface area contributed by atoms with E-state index in [0.29, 0.717) is 5.75 Å². The summed E-state index contributed by atoms with van der Waals surface area (Å²) < 4.78 is 10.9. The summed E-state index contributed by atoms with van der Waals surface area (Å²) in [5.74, 6) is -0.296. The molecule has 6 heteroatoms. The number of carbonyl (C=O) groups is 2. The van der Waals surface area contributed by atoms with E-state index in [1.165, 1.54) is 7.11 Å². The average Bonchev–Trinajstić information content (AvgIpc) is 2.43. The van der Waals surface area contributed by atoms with Gasteiger partial charge in [-0.1, -0.05) is 29.8 Å². The number of amides is 1. The van der Waals surface area contributed by atoms with Crippen LogP contribution in [0.5, 0.6) is 5.75 Å². The molecule has 1 aromatic rings. The van der Waals surface area contributed by atoms with Gasteiger partial charge in [0.15, 0.2) is 6.61 Å². The van der Waals surface area contributed by atoms with Crippen molar-refractivity contribution in [2.24, 2.45) is 5.92 Å². The summed E-state index contributed by atoms with van der Waals surface area (Å²) in [6.07, 6.45) is 0. The van der Waals surface area contributed by atoms with E-state index in [9.17, 15) is 9.59 Å². The van der Waals surface area contributed by atoms with Crippen molar-refractivity contribution < 1.29 is 19.1 Å². The van der Waals surface area contributed by atoms with E-state index in [1.807, 2.05) is 26.0 Å². The first-order valence-electron chi connectivity index (χ1n) is 6.19. The molecule has 1 aromatic carbocycles. The third kappa shape index (κ3) is 5.21. The standard InChI is InChI=1S/C14H18BrNO4/c1-9(2)13(14(18)19-3)16-12(17)8-20-11-6-4-10(15)5-7-11/h4-7,9,13H,8H2,1-3H3,(H,16,17)/t13-/m0/s1. The molecule has 0 aliphatic carbocycles. The molecule has 0 heterocycles. The lowest BCUT2D eigenvalue weighted by Crippen LogP contribution is -2.46. The molecular weight excluding hydrogens is 326 g/mol. The van der Waals surface area contributed by atoms with Crippen LogP contribution in [-0.4, -0.2) is 31.6 Å². The Balaban J connectivity index is 2.49. The molecule has 1 amide bonds. The normalized spacial score (nSPS) is 11.8. The number of nitrogens with one attached hydrogen (secondary N) is 1. The molecule has 1 N–H and O–H groups in total. The van der Waals surface area contributed by atoms with Crippen molar-refractivity contribution in [2.75, 3.05) is 13.7 Å². The molecule has 5 nitrogen and oxygen atoms in total. The minimum absolute atomic E-state index is 0.0564. The molecule has 0 aliphatic rings. The second-order valence-corrected chi connectivity index (χ2v) is 5.47. The van der Waals surface area contributed by atoms with Crippen molar-refractivity contribution in [3.8, 4) is 5.75 Å². The lowest BCUT2D eigenvalue weighted by molar-refractivity contribution is -0.146. The van der Waals surface area contributed by atoms with Crippen LogP contribution in [0.4, 0.5) is 0 Å². The Morgan fingerprint density at radius 2 is 1.85 bits per heavy atom. The van der Waals surface area contributed by atoms with Crippen LogP contribution in [-0.2, 0) is 14.3 Å². The van der Waals surface area contributed by atoms with E-state index in [1.54, 1.807) is 12.1 Å². The number of esters is 1. The SMILES string of the molecule is COC(=O)[C@@H](NC(=O)COc1ccc(Br)cc1)C(C)C. The number of hydrogen-bond donors (Lipinski definition) is 1. The number of methoxy groups -OCH3 is 1. The Bertz CT molecular complexity index is 459. The molecule has 1 atom stereocenters. The number of rotatable bonds is 6. The lowest BCUT2D eigenvalue weighted by atomic mass is 10.0. The highest BCUT2D eigenvalue weighted by Gasteiger charge is 2.24. The van der Waals surface area contributed by atoms with Crippen molar-refractivity contribution in [3.05, 3.63) is 28.7 Å². The highest BCUT2D eigenvalue weighted by molar-refractivity contribution is 9.10. The average molecular weight is 344 g/mol. The molecule has 0 radical (unpaired) electrons. The fourth-order valence-electron chi connectivity index (χ4n) is 1.52. The number of halogens is 1. The van der Waals surface area contributed by atoms with Crippen LogP contribution in [0, 0.1) is 5.92 Å². The summed E-state index contributed by atoms with van der Waals surface area (Å²) in [7, 11) is 1.29. The van der Waals surface area contributed by atoms with E-state index < -0.39 is 12.0 Å². The first-order valence-corrected chi connectivity index (χ1v) is 6.99. The van der Waals surface area contributed by atoms with Crippen LogP contribution in [0.25, 0.3) is 0 Å². The predicted molar refractivity (Wildman–Crippen MR) is 78.4 cm³/mol. The first-order chi connectivity index (χ1) is 9.43. The summed E-state index contributed by atoms with van der Waals surface area (Å²) in [6.45, 7) is 3.51. The zero-order valence-electron chi connectivity index (χ0n) is 11.7. The fourth-order valence-corrected chi connectivity index (χ4v) is 1.78. The van der Waals surface area contributed by atoms with Crippen molar-refractivity contribution in [1.82, 2.24) is 5.32 Å². The summed E-state index contributed by atoms with van der Waals surface area (Å²) in [4.78, 5) is 23.3. The molecule has 0 spiro atoms. The molecule has 0 fully saturated rings. The summed E-state index contributed by atoms with van der Waals surface area (Å²) in [5, 5.41) is 2.60. The van der Waals surface area contributed by atoms with Gasteiger partial charge in [-0.25, -0.2) is 4.79 Å². The maximum atomic E-state index is 11.8. The number of carbonyl (C=O) groups excluding carboxylic acids is 2. The highest BCUT2D eigenvalue weighted by atomic mass is 79.9. The topological polar surface area (TPSA) is 64.6 Å². The van der Waals surface area contributed by atoms with Crippen LogP contribution >= 0.6 is 15.9 Å². The van der Waals surface area contributed by atoms with Gasteiger partial charge in [0.25, 0.3) is 5.91 Å². The van der Waals surface area contributed by atoms with E-state index >= 15 is 0 Å². The van der Waals surface area contributed by atoms with Crippen molar-refractivity contribution in [1.29, 1.82) is 0 Å². The van der Waals surface area contributed by atoms with Crippen LogP contribution in [0.1, 0.15) is 13.8 Å². The zero-order chi connectivity index (χ0) is 15.1. The smallest absolute Gasteiger partial charge is 0.328 e. The van der Waals surface area contributed by atoms with Gasteiger partial charge in [-0.2, -0.15) is 0 Å². The Hall–Kier alpha value is -1.56. The Labute approximate surface area is 126 Å². The van der Waals surface area contributed by atoms with Gasteiger partial charge in [-0.05, 0) is 30.2 Å². The van der Waals surface area contributed by atoms with Gasteiger partial charge < -0.3 is 14.8 Å². The molecule has 0 unspecified atom stereocenters. The van der Waals surface area contributed by atoms with Crippen LogP contribution in [0.15, 0.2) is 28.7 Å². The summed E-state index contributed by atoms with van der Waals surface area (Å²) in [6, 6.07) is 6.47. The molecule has 0 aliphatic heterocycles. The molecule has 0 saturated heterocycles. The first kappa shape index (κ1) is 16.5. The monoisotopic (exact) mass is 343 g/mol. The van der Waals surface area contributed by atoms with Crippen LogP contribution in [0.3, 0.4) is 0 Å². The van der Waals surface area contributed by atoms with Crippen molar-refractivity contribution in [3.63, 3.8) is 0 Å². The molecule has 1 rings (SSSR count). The maximum absolute atomic E-state index is 11.8. The van der Waals surface area contributed by atoms with E-state index in [-0.39, 0.29) is 18.4 Å². The highest BCUT2D eigenvalue weighted by Crippen LogP contribution is 2.15. The van der Waals surface area contributed by atoms with E-state index in [4.69, 9.17) is 4.74 Å². The third-order valence-corrected chi connectivity index (χ3v) is 3.15. The van der Waals surface area contributed by atoms with Gasteiger partial charge in [0.2, 0.25) is 0 Å². The summed E-state index contributed by atoms with van der Waals surface area (Å²) in [5.41, 5.74) is 0. The zero-order valence-corrected chi connectivity index (χ0v) is 13.3. The molecule has 0 aromatic heterocycles. The second kappa shape index (κ2) is 7.89. The molecular formula is C14H18BrNO4. The Morgan fingerprint density at radius 3 is 2.35 bits per heavy atom. The Morgan fingerprint density at radius 1 is 1.25 bits per heavy atom. The molecule has 20 heavy (non-hydrogen) atoms. The van der Waals surface area contributed by atoms with Gasteiger partial charge >= 0.3 is 5.97 Å². The largest absolute Gasteiger partial charge is 0.484 e. The molecule has 0 bridgehead atoms. The maximum Gasteiger partial charge on any atom is 0.328 e. The van der Waals surface area contributed by atoms with Gasteiger partial charge in [-0.3, -0.25) is 4.79 Å². The van der Waals surface area contributed by atoms with Crippen LogP contribution in [0.2, 0.25) is 0 Å². The predicted octanol–water partition coefficient (Wildman–Crippen LogP) is 2.14. The van der Waals surface area contributed by atoms with Gasteiger partial charge in [0.1, 0.15) is 11.8 Å². The molecule has 110 valence electrons. The Kier molecular flexibility index (Phi) is 6.51. The third-order valence-electron chi connectivity index (χ3n) is 2.62. The molecule has 0 saturated carbocycles. The van der Waals surface area contributed by atoms with Gasteiger partial charge in [0, 0.05) is 4.47 Å². The number of ether oxygens (including phenoxy) is 2. The quantitative estimate of drug-likeness (QED) is 0.803. The van der Waals surface area contributed by atoms with Crippen LogP contribution < -0.4 is 10.1 Å². The second-order valence-electron chi connectivity index (χ2n) is 4.55. The van der Waals surface area contributed by atoms with E-state index in [0.717, 1.165) is 4.47 Å². The van der Waals surface area contributed by atoms with E-state index in [2.05, 4.69) is 26.0 Å². The minimum Gasteiger partial charge on any atom is -0.484 e.